The predicted molar refractivity (Wildman–Crippen MR) is 91.4 cm³/mol. The fourth-order valence-electron chi connectivity index (χ4n) is 2.20. The van der Waals surface area contributed by atoms with Gasteiger partial charge >= 0.3 is 0 Å². The van der Waals surface area contributed by atoms with Crippen molar-refractivity contribution >= 4 is 31.9 Å². The molecule has 108 valence electrons. The van der Waals surface area contributed by atoms with Gasteiger partial charge in [-0.3, -0.25) is 4.68 Å². The highest BCUT2D eigenvalue weighted by Crippen LogP contribution is 2.18. The lowest BCUT2D eigenvalue weighted by molar-refractivity contribution is 0.513. The molecule has 0 N–H and O–H groups in total. The first kappa shape index (κ1) is 15.8. The van der Waals surface area contributed by atoms with Gasteiger partial charge in [-0.25, -0.2) is 0 Å². The Bertz CT molecular complexity index is 532. The molecule has 2 rings (SSSR count). The number of aromatic nitrogens is 2. The van der Waals surface area contributed by atoms with Crippen LogP contribution in [0.1, 0.15) is 31.1 Å². The van der Waals surface area contributed by atoms with E-state index in [2.05, 4.69) is 87.3 Å². The number of benzene rings is 1. The van der Waals surface area contributed by atoms with Crippen LogP contribution in [0.4, 0.5) is 0 Å². The molecule has 1 heterocycles. The van der Waals surface area contributed by atoms with Gasteiger partial charge in [-0.05, 0) is 56.4 Å². The number of rotatable bonds is 6. The van der Waals surface area contributed by atoms with E-state index >= 15 is 0 Å². The minimum Gasteiger partial charge on any atom is -0.270 e. The quantitative estimate of drug-likeness (QED) is 0.623. The van der Waals surface area contributed by atoms with Crippen LogP contribution in [0.25, 0.3) is 0 Å². The maximum atomic E-state index is 4.64. The Morgan fingerprint density at radius 3 is 2.35 bits per heavy atom. The summed E-state index contributed by atoms with van der Waals surface area (Å²) in [6.07, 6.45) is 4.17. The van der Waals surface area contributed by atoms with Gasteiger partial charge in [0.25, 0.3) is 0 Å². The van der Waals surface area contributed by atoms with E-state index in [1.807, 2.05) is 4.68 Å². The second kappa shape index (κ2) is 7.41. The molecule has 0 fully saturated rings. The van der Waals surface area contributed by atoms with Gasteiger partial charge in [0.05, 0.1) is 5.69 Å². The molecule has 4 heteroatoms. The summed E-state index contributed by atoms with van der Waals surface area (Å²) < 4.78 is 3.16. The number of hydrogen-bond acceptors (Lipinski definition) is 1. The van der Waals surface area contributed by atoms with Crippen molar-refractivity contribution in [2.24, 2.45) is 5.92 Å². The molecule has 0 amide bonds. The van der Waals surface area contributed by atoms with E-state index in [0.717, 1.165) is 22.6 Å². The lowest BCUT2D eigenvalue weighted by atomic mass is 9.97. The first-order valence-corrected chi connectivity index (χ1v) is 8.84. The minimum atomic E-state index is 0.428. The average Bonchev–Trinajstić information content (AvgIpc) is 2.89. The van der Waals surface area contributed by atoms with E-state index in [1.165, 1.54) is 11.3 Å². The second-order valence-electron chi connectivity index (χ2n) is 5.44. The van der Waals surface area contributed by atoms with Gasteiger partial charge < -0.3 is 0 Å². The molecule has 0 saturated carbocycles. The van der Waals surface area contributed by atoms with E-state index in [4.69, 9.17) is 0 Å². The summed E-state index contributed by atoms with van der Waals surface area (Å²) in [6.45, 7) is 4.31. The summed E-state index contributed by atoms with van der Waals surface area (Å²) >= 11 is 7.11. The van der Waals surface area contributed by atoms with Crippen molar-refractivity contribution in [2.75, 3.05) is 5.33 Å². The summed E-state index contributed by atoms with van der Waals surface area (Å²) in [5.74, 6) is 0.576. The summed E-state index contributed by atoms with van der Waals surface area (Å²) in [6, 6.07) is 11.1. The molecular weight excluding hydrogens is 380 g/mol. The molecule has 2 nitrogen and oxygen atoms in total. The first-order valence-electron chi connectivity index (χ1n) is 6.93. The fourth-order valence-corrected chi connectivity index (χ4v) is 2.93. The van der Waals surface area contributed by atoms with Crippen molar-refractivity contribution in [1.29, 1.82) is 0 Å². The molecule has 1 aromatic heterocycles. The van der Waals surface area contributed by atoms with Crippen molar-refractivity contribution in [3.05, 3.63) is 52.3 Å². The number of halogens is 2. The molecule has 0 bridgehead atoms. The van der Waals surface area contributed by atoms with E-state index in [1.54, 1.807) is 0 Å². The van der Waals surface area contributed by atoms with Gasteiger partial charge in [-0.15, -0.1) is 0 Å². The molecule has 0 saturated heterocycles. The molecular formula is C16H20Br2N2. The SMILES string of the molecule is CC(C)n1ccc(CC(CBr)Cc2ccc(Br)cc2)n1. The number of nitrogens with zero attached hydrogens (tertiary/aromatic N) is 2. The Hall–Kier alpha value is -0.610. The summed E-state index contributed by atoms with van der Waals surface area (Å²) in [5.41, 5.74) is 2.56. The van der Waals surface area contributed by atoms with E-state index < -0.39 is 0 Å². The third-order valence-electron chi connectivity index (χ3n) is 3.35. The van der Waals surface area contributed by atoms with Crippen LogP contribution in [0.3, 0.4) is 0 Å². The molecule has 20 heavy (non-hydrogen) atoms. The van der Waals surface area contributed by atoms with Crippen molar-refractivity contribution < 1.29 is 0 Å². The Morgan fingerprint density at radius 1 is 1.10 bits per heavy atom. The summed E-state index contributed by atoms with van der Waals surface area (Å²) in [7, 11) is 0. The minimum absolute atomic E-state index is 0.428. The molecule has 1 atom stereocenters. The van der Waals surface area contributed by atoms with Gasteiger partial charge in [0.15, 0.2) is 0 Å². The zero-order chi connectivity index (χ0) is 14.5. The van der Waals surface area contributed by atoms with Crippen molar-refractivity contribution in [3.63, 3.8) is 0 Å². The Morgan fingerprint density at radius 2 is 1.80 bits per heavy atom. The smallest absolute Gasteiger partial charge is 0.0627 e. The largest absolute Gasteiger partial charge is 0.270 e. The lowest BCUT2D eigenvalue weighted by Crippen LogP contribution is -2.11. The van der Waals surface area contributed by atoms with Gasteiger partial charge in [0.2, 0.25) is 0 Å². The third kappa shape index (κ3) is 4.45. The van der Waals surface area contributed by atoms with Gasteiger partial charge in [0.1, 0.15) is 0 Å². The topological polar surface area (TPSA) is 17.8 Å². The van der Waals surface area contributed by atoms with Crippen LogP contribution in [0.5, 0.6) is 0 Å². The zero-order valence-corrected chi connectivity index (χ0v) is 15.1. The van der Waals surface area contributed by atoms with Gasteiger partial charge in [-0.2, -0.15) is 5.10 Å². The number of alkyl halides is 1. The molecule has 0 spiro atoms. The van der Waals surface area contributed by atoms with Crippen LogP contribution in [-0.2, 0) is 12.8 Å². The van der Waals surface area contributed by atoms with Crippen molar-refractivity contribution in [1.82, 2.24) is 9.78 Å². The zero-order valence-electron chi connectivity index (χ0n) is 11.9. The average molecular weight is 400 g/mol. The Kier molecular flexibility index (Phi) is 5.85. The van der Waals surface area contributed by atoms with E-state index in [-0.39, 0.29) is 0 Å². The number of hydrogen-bond donors (Lipinski definition) is 0. The molecule has 0 aliphatic heterocycles. The molecule has 1 aromatic carbocycles. The highest BCUT2D eigenvalue weighted by molar-refractivity contribution is 9.10. The van der Waals surface area contributed by atoms with Crippen molar-refractivity contribution in [3.8, 4) is 0 Å². The Balaban J connectivity index is 1.99. The summed E-state index contributed by atoms with van der Waals surface area (Å²) in [5, 5.41) is 5.64. The van der Waals surface area contributed by atoms with Crippen LogP contribution < -0.4 is 0 Å². The first-order chi connectivity index (χ1) is 9.58. The molecule has 0 radical (unpaired) electrons. The van der Waals surface area contributed by atoms with Gasteiger partial charge in [0, 0.05) is 22.0 Å². The van der Waals surface area contributed by atoms with Gasteiger partial charge in [-0.1, -0.05) is 44.0 Å². The standard InChI is InChI=1S/C16H20Br2N2/c1-12(2)20-8-7-16(19-20)10-14(11-17)9-13-3-5-15(18)6-4-13/h3-8,12,14H,9-11H2,1-2H3. The van der Waals surface area contributed by atoms with E-state index in [9.17, 15) is 0 Å². The highest BCUT2D eigenvalue weighted by Gasteiger charge is 2.12. The van der Waals surface area contributed by atoms with Crippen LogP contribution >= 0.6 is 31.9 Å². The predicted octanol–water partition coefficient (Wildman–Crippen LogP) is 5.02. The second-order valence-corrected chi connectivity index (χ2v) is 7.00. The highest BCUT2D eigenvalue weighted by atomic mass is 79.9. The normalized spacial score (nSPS) is 12.8. The molecule has 2 aromatic rings. The lowest BCUT2D eigenvalue weighted by Gasteiger charge is -2.13. The van der Waals surface area contributed by atoms with Crippen molar-refractivity contribution in [2.45, 2.75) is 32.7 Å². The van der Waals surface area contributed by atoms with Crippen LogP contribution in [-0.4, -0.2) is 15.1 Å². The molecule has 0 aliphatic carbocycles. The fraction of sp³-hybridized carbons (Fsp3) is 0.438. The van der Waals surface area contributed by atoms with Crippen LogP contribution in [0, 0.1) is 5.92 Å². The third-order valence-corrected chi connectivity index (χ3v) is 4.79. The monoisotopic (exact) mass is 398 g/mol. The maximum absolute atomic E-state index is 4.64. The molecule has 0 aliphatic rings. The maximum Gasteiger partial charge on any atom is 0.0627 e. The summed E-state index contributed by atoms with van der Waals surface area (Å²) in [4.78, 5) is 0. The van der Waals surface area contributed by atoms with E-state index in [0.29, 0.717) is 12.0 Å². The van der Waals surface area contributed by atoms with Crippen LogP contribution in [0.2, 0.25) is 0 Å². The Labute approximate surface area is 137 Å². The van der Waals surface area contributed by atoms with Crippen LogP contribution in [0.15, 0.2) is 41.0 Å². The molecule has 1 unspecified atom stereocenters.